The Morgan fingerprint density at radius 1 is 1.23 bits per heavy atom. The summed E-state index contributed by atoms with van der Waals surface area (Å²) in [6.07, 6.45) is 2.21. The number of benzene rings is 1. The summed E-state index contributed by atoms with van der Waals surface area (Å²) >= 11 is 0. The van der Waals surface area contributed by atoms with Gasteiger partial charge in [-0.15, -0.1) is 0 Å². The molecule has 2 rings (SSSR count). The lowest BCUT2D eigenvalue weighted by Crippen LogP contribution is -2.50. The van der Waals surface area contributed by atoms with Crippen molar-refractivity contribution in [1.82, 2.24) is 14.9 Å². The Hall–Kier alpha value is -1.80. The lowest BCUT2D eigenvalue weighted by Gasteiger charge is -2.32. The van der Waals surface area contributed by atoms with E-state index in [2.05, 4.69) is 42.5 Å². The Bertz CT molecular complexity index is 795. The molecule has 1 aliphatic heterocycles. The molecule has 0 aromatic heterocycles. The van der Waals surface area contributed by atoms with Crippen LogP contribution in [0, 0.1) is 0 Å². The fourth-order valence-corrected chi connectivity index (χ4v) is 5.14. The minimum absolute atomic E-state index is 0.0289. The molecule has 1 saturated heterocycles. The van der Waals surface area contributed by atoms with Crippen LogP contribution in [0.4, 0.5) is 0 Å². The van der Waals surface area contributed by atoms with E-state index in [4.69, 9.17) is 4.74 Å². The minimum Gasteiger partial charge on any atom is -0.491 e. The van der Waals surface area contributed by atoms with Crippen LogP contribution in [0.1, 0.15) is 52.5 Å². The molecule has 0 spiro atoms. The lowest BCUT2D eigenvalue weighted by molar-refractivity contribution is 0.301. The Balaban J connectivity index is 1.77. The molecule has 0 atom stereocenters. The highest BCUT2D eigenvalue weighted by molar-refractivity contribution is 7.89. The van der Waals surface area contributed by atoms with Crippen LogP contribution in [0.25, 0.3) is 0 Å². The number of rotatable bonds is 8. The highest BCUT2D eigenvalue weighted by Crippen LogP contribution is 2.30. The van der Waals surface area contributed by atoms with Crippen LogP contribution < -0.4 is 15.4 Å². The van der Waals surface area contributed by atoms with Gasteiger partial charge in [-0.05, 0) is 36.3 Å². The third-order valence-corrected chi connectivity index (χ3v) is 7.30. The normalized spacial score (nSPS) is 17.0. The maximum Gasteiger partial charge on any atom is 0.214 e. The molecule has 0 aliphatic carbocycles. The van der Waals surface area contributed by atoms with E-state index >= 15 is 0 Å². The number of nitrogens with one attached hydrogen (secondary N) is 2. The summed E-state index contributed by atoms with van der Waals surface area (Å²) < 4.78 is 32.0. The number of hydrogen-bond acceptors (Lipinski definition) is 4. The van der Waals surface area contributed by atoms with E-state index in [1.807, 2.05) is 25.1 Å². The van der Waals surface area contributed by atoms with E-state index in [0.717, 1.165) is 24.6 Å². The number of piperidine rings is 1. The molecule has 2 N–H and O–H groups in total. The van der Waals surface area contributed by atoms with Crippen molar-refractivity contribution in [3.63, 3.8) is 0 Å². The third-order valence-electron chi connectivity index (χ3n) is 5.22. The van der Waals surface area contributed by atoms with Gasteiger partial charge in [0.25, 0.3) is 0 Å². The average molecular weight is 439 g/mol. The second-order valence-electron chi connectivity index (χ2n) is 8.73. The summed E-state index contributed by atoms with van der Waals surface area (Å²) in [4.78, 5) is 4.29. The van der Waals surface area contributed by atoms with E-state index in [-0.39, 0.29) is 17.2 Å². The van der Waals surface area contributed by atoms with E-state index in [1.54, 1.807) is 11.4 Å². The zero-order valence-corrected chi connectivity index (χ0v) is 19.9. The Morgan fingerprint density at radius 2 is 1.90 bits per heavy atom. The van der Waals surface area contributed by atoms with E-state index in [9.17, 15) is 8.42 Å². The van der Waals surface area contributed by atoms with Crippen LogP contribution in [0.15, 0.2) is 29.3 Å². The summed E-state index contributed by atoms with van der Waals surface area (Å²) in [5.41, 5.74) is 1.22. The average Bonchev–Trinajstić information content (AvgIpc) is 2.70. The molecular weight excluding hydrogens is 400 g/mol. The van der Waals surface area contributed by atoms with Crippen molar-refractivity contribution < 1.29 is 13.2 Å². The molecule has 0 amide bonds. The molecule has 1 aliphatic rings. The quantitative estimate of drug-likeness (QED) is 0.370. The van der Waals surface area contributed by atoms with Crippen LogP contribution >= 0.6 is 0 Å². The number of sulfonamides is 1. The highest BCUT2D eigenvalue weighted by atomic mass is 32.2. The predicted octanol–water partition coefficient (Wildman–Crippen LogP) is 2.73. The third kappa shape index (κ3) is 7.16. The predicted molar refractivity (Wildman–Crippen MR) is 124 cm³/mol. The van der Waals surface area contributed by atoms with Crippen molar-refractivity contribution in [1.29, 1.82) is 0 Å². The summed E-state index contributed by atoms with van der Waals surface area (Å²) in [6, 6.07) is 8.36. The van der Waals surface area contributed by atoms with Gasteiger partial charge < -0.3 is 15.4 Å². The molecule has 8 heteroatoms. The molecule has 1 aromatic carbocycles. The van der Waals surface area contributed by atoms with E-state index < -0.39 is 10.0 Å². The fraction of sp³-hybridized carbons (Fsp3) is 0.682. The van der Waals surface area contributed by atoms with Gasteiger partial charge in [-0.1, -0.05) is 45.9 Å². The molecule has 1 heterocycles. The zero-order chi connectivity index (χ0) is 22.2. The summed E-state index contributed by atoms with van der Waals surface area (Å²) in [5.74, 6) is 1.86. The summed E-state index contributed by atoms with van der Waals surface area (Å²) in [7, 11) is -1.36. The molecule has 0 saturated carbocycles. The first kappa shape index (κ1) is 24.5. The molecule has 0 bridgehead atoms. The number of aliphatic imine (C=N–C) groups is 1. The van der Waals surface area contributed by atoms with Gasteiger partial charge in [0, 0.05) is 26.2 Å². The van der Waals surface area contributed by atoms with E-state index in [0.29, 0.717) is 32.7 Å². The molecular formula is C22H38N4O3S. The van der Waals surface area contributed by atoms with Crippen LogP contribution in [-0.2, 0) is 15.4 Å². The van der Waals surface area contributed by atoms with Crippen LogP contribution in [0.5, 0.6) is 5.75 Å². The molecule has 0 radical (unpaired) electrons. The number of hydrogen-bond donors (Lipinski definition) is 2. The van der Waals surface area contributed by atoms with Crippen LogP contribution in [0.2, 0.25) is 0 Å². The Morgan fingerprint density at radius 3 is 2.50 bits per heavy atom. The monoisotopic (exact) mass is 438 g/mol. The minimum atomic E-state index is -3.11. The highest BCUT2D eigenvalue weighted by Gasteiger charge is 2.27. The van der Waals surface area contributed by atoms with Crippen molar-refractivity contribution in [3.8, 4) is 5.75 Å². The smallest absolute Gasteiger partial charge is 0.214 e. The number of ether oxygens (including phenoxy) is 1. The van der Waals surface area contributed by atoms with Gasteiger partial charge in [0.2, 0.25) is 10.0 Å². The first-order valence-electron chi connectivity index (χ1n) is 10.8. The standard InChI is InChI=1S/C22H38N4O3S/c1-6-17-30(27,28)26-14-11-18(12-15-26)25-21(23-5)24-13-16-29-20-10-8-7-9-19(20)22(2,3)4/h7-10,18H,6,11-17H2,1-5H3,(H2,23,24,25). The second kappa shape index (κ2) is 11.0. The second-order valence-corrected chi connectivity index (χ2v) is 10.8. The van der Waals surface area contributed by atoms with E-state index in [1.165, 1.54) is 5.56 Å². The molecule has 170 valence electrons. The van der Waals surface area contributed by atoms with Crippen molar-refractivity contribution in [2.24, 2.45) is 4.99 Å². The topological polar surface area (TPSA) is 83.0 Å². The van der Waals surface area contributed by atoms with Gasteiger partial charge in [-0.2, -0.15) is 0 Å². The van der Waals surface area contributed by atoms with Gasteiger partial charge in [-0.3, -0.25) is 4.99 Å². The molecule has 30 heavy (non-hydrogen) atoms. The Labute approximate surface area is 182 Å². The lowest BCUT2D eigenvalue weighted by atomic mass is 9.86. The SMILES string of the molecule is CCCS(=O)(=O)N1CCC(NC(=NC)NCCOc2ccccc2C(C)(C)C)CC1. The largest absolute Gasteiger partial charge is 0.491 e. The van der Waals surface area contributed by atoms with Crippen molar-refractivity contribution in [2.45, 2.75) is 58.4 Å². The van der Waals surface area contributed by atoms with Crippen LogP contribution in [0.3, 0.4) is 0 Å². The Kier molecular flexibility index (Phi) is 8.97. The van der Waals surface area contributed by atoms with Gasteiger partial charge in [0.1, 0.15) is 12.4 Å². The molecule has 1 aromatic rings. The fourth-order valence-electron chi connectivity index (χ4n) is 3.60. The zero-order valence-electron chi connectivity index (χ0n) is 19.1. The van der Waals surface area contributed by atoms with Gasteiger partial charge in [-0.25, -0.2) is 12.7 Å². The first-order chi connectivity index (χ1) is 14.2. The molecule has 1 fully saturated rings. The van der Waals surface area contributed by atoms with Crippen molar-refractivity contribution in [3.05, 3.63) is 29.8 Å². The summed E-state index contributed by atoms with van der Waals surface area (Å²) in [6.45, 7) is 10.7. The number of nitrogens with zero attached hydrogens (tertiary/aromatic N) is 2. The first-order valence-corrected chi connectivity index (χ1v) is 12.5. The maximum absolute atomic E-state index is 12.2. The molecule has 0 unspecified atom stereocenters. The van der Waals surface area contributed by atoms with Crippen LogP contribution in [-0.4, -0.2) is 63.8 Å². The number of para-hydroxylation sites is 1. The van der Waals surface area contributed by atoms with Crippen molar-refractivity contribution in [2.75, 3.05) is 39.0 Å². The van der Waals surface area contributed by atoms with Gasteiger partial charge >= 0.3 is 0 Å². The number of guanidine groups is 1. The molecule has 7 nitrogen and oxygen atoms in total. The van der Waals surface area contributed by atoms with Crippen molar-refractivity contribution >= 4 is 16.0 Å². The van der Waals surface area contributed by atoms with Gasteiger partial charge in [0.15, 0.2) is 5.96 Å². The maximum atomic E-state index is 12.2. The summed E-state index contributed by atoms with van der Waals surface area (Å²) in [5, 5.41) is 6.69. The van der Waals surface area contributed by atoms with Gasteiger partial charge in [0.05, 0.1) is 12.3 Å².